The summed E-state index contributed by atoms with van der Waals surface area (Å²) in [5, 5.41) is 11.7. The van der Waals surface area contributed by atoms with Crippen molar-refractivity contribution in [3.63, 3.8) is 0 Å². The van der Waals surface area contributed by atoms with Gasteiger partial charge in [-0.1, -0.05) is 17.7 Å². The Morgan fingerprint density at radius 2 is 2.21 bits per heavy atom. The monoisotopic (exact) mass is 346 g/mol. The Balaban J connectivity index is 2.77. The smallest absolute Gasteiger partial charge is 0.323 e. The first-order valence-electron chi connectivity index (χ1n) is 5.27. The maximum atomic E-state index is 11.9. The van der Waals surface area contributed by atoms with E-state index >= 15 is 0 Å². The highest BCUT2D eigenvalue weighted by molar-refractivity contribution is 9.10. The Hall–Kier alpha value is -1.53. The minimum atomic E-state index is -1.09. The van der Waals surface area contributed by atoms with Crippen LogP contribution in [0.4, 0.5) is 10.5 Å². The van der Waals surface area contributed by atoms with Gasteiger partial charge in [0.1, 0.15) is 6.54 Å². The second-order valence-corrected chi connectivity index (χ2v) is 4.88. The highest BCUT2D eigenvalue weighted by Gasteiger charge is 2.15. The van der Waals surface area contributed by atoms with Gasteiger partial charge in [-0.3, -0.25) is 4.79 Å². The molecule has 0 heterocycles. The van der Waals surface area contributed by atoms with E-state index in [-0.39, 0.29) is 6.54 Å². The molecule has 2 N–H and O–H groups in total. The van der Waals surface area contributed by atoms with Gasteiger partial charge >= 0.3 is 12.0 Å². The van der Waals surface area contributed by atoms with E-state index in [1.807, 2.05) is 0 Å². The molecule has 0 aromatic heterocycles. The molecule has 1 rings (SSSR count). The van der Waals surface area contributed by atoms with Gasteiger partial charge in [0.25, 0.3) is 0 Å². The minimum absolute atomic E-state index is 0.141. The molecule has 1 aromatic rings. The molecule has 0 saturated heterocycles. The van der Waals surface area contributed by atoms with Crippen LogP contribution in [0.3, 0.4) is 0 Å². The molecule has 0 aliphatic carbocycles. The van der Waals surface area contributed by atoms with Gasteiger partial charge in [-0.2, -0.15) is 0 Å². The van der Waals surface area contributed by atoms with Crippen LogP contribution in [0.25, 0.3) is 0 Å². The molecule has 102 valence electrons. The maximum absolute atomic E-state index is 11.9. The summed E-state index contributed by atoms with van der Waals surface area (Å²) >= 11 is 9.14. The minimum Gasteiger partial charge on any atom is -0.480 e. The van der Waals surface area contributed by atoms with Crippen molar-refractivity contribution in [2.45, 2.75) is 0 Å². The van der Waals surface area contributed by atoms with Crippen LogP contribution >= 0.6 is 27.5 Å². The van der Waals surface area contributed by atoms with Crippen molar-refractivity contribution in [1.29, 1.82) is 0 Å². The van der Waals surface area contributed by atoms with Gasteiger partial charge in [0.2, 0.25) is 0 Å². The zero-order valence-corrected chi connectivity index (χ0v) is 12.2. The number of urea groups is 1. The first-order valence-corrected chi connectivity index (χ1v) is 6.44. The number of nitrogens with one attached hydrogen (secondary N) is 1. The molecular weight excluding hydrogens is 336 g/mol. The largest absolute Gasteiger partial charge is 0.480 e. The zero-order chi connectivity index (χ0) is 14.4. The Bertz CT molecular complexity index is 508. The summed E-state index contributed by atoms with van der Waals surface area (Å²) in [5.74, 6) is -1.09. The Morgan fingerprint density at radius 3 is 2.74 bits per heavy atom. The standard InChI is InChI=1S/C12H12BrClN2O3/c1-2-5-16(7-11(17)18)12(19)15-8-3-4-9(13)10(14)6-8/h2-4,6H,1,5,7H2,(H,15,19)(H,17,18). The van der Waals surface area contributed by atoms with Crippen molar-refractivity contribution in [2.24, 2.45) is 0 Å². The van der Waals surface area contributed by atoms with Gasteiger partial charge in [-0.05, 0) is 34.1 Å². The summed E-state index contributed by atoms with van der Waals surface area (Å²) in [4.78, 5) is 23.7. The fourth-order valence-electron chi connectivity index (χ4n) is 1.31. The Morgan fingerprint density at radius 1 is 1.53 bits per heavy atom. The summed E-state index contributed by atoms with van der Waals surface area (Å²) in [7, 11) is 0. The van der Waals surface area contributed by atoms with Crippen LogP contribution in [0.15, 0.2) is 35.3 Å². The quantitative estimate of drug-likeness (QED) is 0.804. The summed E-state index contributed by atoms with van der Waals surface area (Å²) in [6.07, 6.45) is 1.46. The number of carbonyl (C=O) groups excluding carboxylic acids is 1. The third-order valence-electron chi connectivity index (χ3n) is 2.13. The number of rotatable bonds is 5. The molecule has 19 heavy (non-hydrogen) atoms. The highest BCUT2D eigenvalue weighted by atomic mass is 79.9. The number of hydrogen-bond donors (Lipinski definition) is 2. The third kappa shape index (κ3) is 4.92. The van der Waals surface area contributed by atoms with Crippen molar-refractivity contribution in [1.82, 2.24) is 4.90 Å². The van der Waals surface area contributed by atoms with Crippen LogP contribution in [0.1, 0.15) is 0 Å². The lowest BCUT2D eigenvalue weighted by atomic mass is 10.3. The van der Waals surface area contributed by atoms with Gasteiger partial charge in [0.05, 0.1) is 5.02 Å². The first-order chi connectivity index (χ1) is 8.93. The van der Waals surface area contributed by atoms with Gasteiger partial charge in [-0.15, -0.1) is 6.58 Å². The molecule has 0 fully saturated rings. The van der Waals surface area contributed by atoms with E-state index in [0.29, 0.717) is 15.2 Å². The van der Waals surface area contributed by atoms with E-state index in [4.69, 9.17) is 16.7 Å². The SMILES string of the molecule is C=CCN(CC(=O)O)C(=O)Nc1ccc(Br)c(Cl)c1. The fourth-order valence-corrected chi connectivity index (χ4v) is 1.74. The average Bonchev–Trinajstić information content (AvgIpc) is 2.33. The number of carboxylic acids is 1. The van der Waals surface area contributed by atoms with Crippen molar-refractivity contribution in [3.05, 3.63) is 40.3 Å². The summed E-state index contributed by atoms with van der Waals surface area (Å²) in [6.45, 7) is 3.22. The summed E-state index contributed by atoms with van der Waals surface area (Å²) in [5.41, 5.74) is 0.484. The number of benzene rings is 1. The fraction of sp³-hybridized carbons (Fsp3) is 0.167. The van der Waals surface area contributed by atoms with E-state index in [1.165, 1.54) is 6.08 Å². The van der Waals surface area contributed by atoms with E-state index in [1.54, 1.807) is 18.2 Å². The van der Waals surface area contributed by atoms with Crippen LogP contribution in [0.2, 0.25) is 5.02 Å². The molecule has 0 aliphatic heterocycles. The number of anilines is 1. The van der Waals surface area contributed by atoms with Crippen LogP contribution in [-0.4, -0.2) is 35.1 Å². The summed E-state index contributed by atoms with van der Waals surface area (Å²) < 4.78 is 0.709. The van der Waals surface area contributed by atoms with Crippen LogP contribution in [-0.2, 0) is 4.79 Å². The number of aliphatic carboxylic acids is 1. The maximum Gasteiger partial charge on any atom is 0.323 e. The molecule has 0 atom stereocenters. The number of amides is 2. The summed E-state index contributed by atoms with van der Waals surface area (Å²) in [6, 6.07) is 4.38. The molecule has 0 radical (unpaired) electrons. The molecule has 1 aromatic carbocycles. The van der Waals surface area contributed by atoms with Gasteiger partial charge in [0.15, 0.2) is 0 Å². The number of nitrogens with zero attached hydrogens (tertiary/aromatic N) is 1. The lowest BCUT2D eigenvalue weighted by Crippen LogP contribution is -2.38. The third-order valence-corrected chi connectivity index (χ3v) is 3.37. The molecule has 0 spiro atoms. The van der Waals surface area contributed by atoms with Crippen molar-refractivity contribution in [3.8, 4) is 0 Å². The second kappa shape index (κ2) is 7.16. The van der Waals surface area contributed by atoms with Gasteiger partial charge in [0, 0.05) is 16.7 Å². The Labute approximate surface area is 124 Å². The predicted molar refractivity (Wildman–Crippen MR) is 77.6 cm³/mol. The van der Waals surface area contributed by atoms with E-state index in [9.17, 15) is 9.59 Å². The normalized spacial score (nSPS) is 9.79. The zero-order valence-electron chi connectivity index (χ0n) is 9.90. The molecule has 2 amide bonds. The molecule has 0 bridgehead atoms. The van der Waals surface area contributed by atoms with E-state index in [2.05, 4.69) is 27.8 Å². The number of halogens is 2. The van der Waals surface area contributed by atoms with Crippen LogP contribution in [0, 0.1) is 0 Å². The molecule has 5 nitrogen and oxygen atoms in total. The lowest BCUT2D eigenvalue weighted by Gasteiger charge is -2.19. The van der Waals surface area contributed by atoms with Gasteiger partial charge < -0.3 is 15.3 Å². The predicted octanol–water partition coefficient (Wildman–Crippen LogP) is 3.21. The average molecular weight is 348 g/mol. The molecule has 7 heteroatoms. The number of hydrogen-bond acceptors (Lipinski definition) is 2. The number of carboxylic acid groups (broad SMARTS) is 1. The van der Waals surface area contributed by atoms with Crippen LogP contribution in [0.5, 0.6) is 0 Å². The molecule has 0 saturated carbocycles. The van der Waals surface area contributed by atoms with E-state index in [0.717, 1.165) is 4.90 Å². The van der Waals surface area contributed by atoms with Crippen molar-refractivity contribution < 1.29 is 14.7 Å². The van der Waals surface area contributed by atoms with Crippen LogP contribution < -0.4 is 5.32 Å². The molecule has 0 aliphatic rings. The van der Waals surface area contributed by atoms with Crippen molar-refractivity contribution in [2.75, 3.05) is 18.4 Å². The Kier molecular flexibility index (Phi) is 5.85. The van der Waals surface area contributed by atoms with Gasteiger partial charge in [-0.25, -0.2) is 4.79 Å². The molecule has 0 unspecified atom stereocenters. The van der Waals surface area contributed by atoms with Crippen molar-refractivity contribution >= 4 is 45.2 Å². The first kappa shape index (κ1) is 15.5. The topological polar surface area (TPSA) is 69.6 Å². The number of carbonyl (C=O) groups is 2. The van der Waals surface area contributed by atoms with E-state index < -0.39 is 18.5 Å². The lowest BCUT2D eigenvalue weighted by molar-refractivity contribution is -0.137. The second-order valence-electron chi connectivity index (χ2n) is 3.62. The highest BCUT2D eigenvalue weighted by Crippen LogP contribution is 2.25. The molecular formula is C12H12BrClN2O3.